The highest BCUT2D eigenvalue weighted by Crippen LogP contribution is 2.20. The first-order valence-electron chi connectivity index (χ1n) is 8.61. The minimum Gasteiger partial charge on any atom is -0.493 e. The minimum absolute atomic E-state index is 0.0423. The zero-order valence-electron chi connectivity index (χ0n) is 14.5. The van der Waals surface area contributed by atoms with Gasteiger partial charge in [0.15, 0.2) is 0 Å². The molecule has 0 saturated carbocycles. The summed E-state index contributed by atoms with van der Waals surface area (Å²) < 4.78 is 5.59. The van der Waals surface area contributed by atoms with Gasteiger partial charge in [-0.2, -0.15) is 0 Å². The highest BCUT2D eigenvalue weighted by Gasteiger charge is 2.19. The molecular weight excluding hydrogens is 314 g/mol. The van der Waals surface area contributed by atoms with E-state index in [1.165, 1.54) is 0 Å². The van der Waals surface area contributed by atoms with E-state index < -0.39 is 0 Å². The van der Waals surface area contributed by atoms with E-state index in [0.717, 1.165) is 43.2 Å². The number of anilines is 1. The largest absolute Gasteiger partial charge is 0.493 e. The van der Waals surface area contributed by atoms with Gasteiger partial charge in [-0.25, -0.2) is 0 Å². The molecule has 2 heterocycles. The lowest BCUT2D eigenvalue weighted by Crippen LogP contribution is -2.48. The molecule has 0 N–H and O–H groups in total. The maximum Gasteiger partial charge on any atom is 0.246 e. The van der Waals surface area contributed by atoms with Gasteiger partial charge in [-0.05, 0) is 31.2 Å². The van der Waals surface area contributed by atoms with E-state index in [1.54, 1.807) is 18.5 Å². The van der Waals surface area contributed by atoms with Crippen LogP contribution in [-0.4, -0.2) is 48.6 Å². The summed E-state index contributed by atoms with van der Waals surface area (Å²) in [7, 11) is 0. The molecule has 5 nitrogen and oxygen atoms in total. The van der Waals surface area contributed by atoms with Gasteiger partial charge in [0.2, 0.25) is 5.91 Å². The number of ether oxygens (including phenoxy) is 1. The van der Waals surface area contributed by atoms with Crippen LogP contribution in [0.5, 0.6) is 5.75 Å². The van der Waals surface area contributed by atoms with E-state index in [4.69, 9.17) is 4.74 Å². The Hall–Kier alpha value is -2.82. The summed E-state index contributed by atoms with van der Waals surface area (Å²) in [6.07, 6.45) is 7.07. The fraction of sp³-hybridized carbons (Fsp3) is 0.300. The van der Waals surface area contributed by atoms with Crippen LogP contribution in [0, 0.1) is 0 Å². The van der Waals surface area contributed by atoms with Crippen LogP contribution in [0.4, 0.5) is 5.69 Å². The van der Waals surface area contributed by atoms with Crippen LogP contribution in [0.15, 0.2) is 54.9 Å². The summed E-state index contributed by atoms with van der Waals surface area (Å²) in [5, 5.41) is 0. The Balaban J connectivity index is 1.58. The third kappa shape index (κ3) is 4.38. The second-order valence-electron chi connectivity index (χ2n) is 5.82. The topological polar surface area (TPSA) is 45.7 Å². The van der Waals surface area contributed by atoms with Crippen molar-refractivity contribution >= 4 is 17.7 Å². The Morgan fingerprint density at radius 1 is 1.12 bits per heavy atom. The molecule has 0 radical (unpaired) electrons. The first-order valence-corrected chi connectivity index (χ1v) is 8.61. The monoisotopic (exact) mass is 337 g/mol. The molecular formula is C20H23N3O2. The quantitative estimate of drug-likeness (QED) is 0.787. The van der Waals surface area contributed by atoms with Crippen LogP contribution in [0.25, 0.3) is 6.08 Å². The molecule has 1 fully saturated rings. The standard InChI is InChI=1S/C20H23N3O2/c1-2-25-19-6-4-3-5-17(19)7-8-20(24)23-15-13-22(14-16-23)18-9-11-21-12-10-18/h3-12H,2,13-16H2,1H3/b8-7+. The van der Waals surface area contributed by atoms with Crippen LogP contribution >= 0.6 is 0 Å². The number of benzene rings is 1. The van der Waals surface area contributed by atoms with Gasteiger partial charge in [-0.15, -0.1) is 0 Å². The normalized spacial score (nSPS) is 14.8. The molecule has 2 aromatic rings. The first-order chi connectivity index (χ1) is 12.3. The number of amides is 1. The number of nitrogens with zero attached hydrogens (tertiary/aromatic N) is 3. The van der Waals surface area contributed by atoms with E-state index in [2.05, 4.69) is 9.88 Å². The number of hydrogen-bond acceptors (Lipinski definition) is 4. The van der Waals surface area contributed by atoms with E-state index in [9.17, 15) is 4.79 Å². The van der Waals surface area contributed by atoms with Gasteiger partial charge in [0.1, 0.15) is 5.75 Å². The molecule has 1 aliphatic heterocycles. The summed E-state index contributed by atoms with van der Waals surface area (Å²) in [5.41, 5.74) is 2.08. The number of para-hydroxylation sites is 1. The molecule has 1 saturated heterocycles. The summed E-state index contributed by atoms with van der Waals surface area (Å²) in [6.45, 7) is 5.67. The summed E-state index contributed by atoms with van der Waals surface area (Å²) >= 11 is 0. The fourth-order valence-electron chi connectivity index (χ4n) is 2.91. The SMILES string of the molecule is CCOc1ccccc1/C=C/C(=O)N1CCN(c2ccncc2)CC1. The summed E-state index contributed by atoms with van der Waals surface area (Å²) in [4.78, 5) is 20.7. The van der Waals surface area contributed by atoms with Crippen molar-refractivity contribution < 1.29 is 9.53 Å². The van der Waals surface area contributed by atoms with E-state index >= 15 is 0 Å². The van der Waals surface area contributed by atoms with Gasteiger partial charge < -0.3 is 14.5 Å². The molecule has 0 spiro atoms. The molecule has 130 valence electrons. The zero-order chi connectivity index (χ0) is 17.5. The van der Waals surface area contributed by atoms with E-state index in [-0.39, 0.29) is 5.91 Å². The highest BCUT2D eigenvalue weighted by atomic mass is 16.5. The Kier molecular flexibility index (Phi) is 5.67. The van der Waals surface area contributed by atoms with Crippen LogP contribution < -0.4 is 9.64 Å². The molecule has 0 aliphatic carbocycles. The maximum absolute atomic E-state index is 12.5. The van der Waals surface area contributed by atoms with E-state index in [0.29, 0.717) is 6.61 Å². The molecule has 3 rings (SSSR count). The lowest BCUT2D eigenvalue weighted by atomic mass is 10.2. The van der Waals surface area contributed by atoms with Crippen molar-refractivity contribution in [1.29, 1.82) is 0 Å². The number of carbonyl (C=O) groups is 1. The number of rotatable bonds is 5. The van der Waals surface area contributed by atoms with E-state index in [1.807, 2.05) is 54.3 Å². The number of piperazine rings is 1. The van der Waals surface area contributed by atoms with Gasteiger partial charge in [0, 0.05) is 55.9 Å². The molecule has 0 bridgehead atoms. The van der Waals surface area contributed by atoms with Crippen LogP contribution in [0.1, 0.15) is 12.5 Å². The van der Waals surface area contributed by atoms with Crippen molar-refractivity contribution in [2.24, 2.45) is 0 Å². The van der Waals surface area contributed by atoms with Crippen molar-refractivity contribution in [2.75, 3.05) is 37.7 Å². The molecule has 1 aromatic heterocycles. The smallest absolute Gasteiger partial charge is 0.246 e. The second-order valence-corrected chi connectivity index (χ2v) is 5.82. The first kappa shape index (κ1) is 17.0. The van der Waals surface area contributed by atoms with Gasteiger partial charge >= 0.3 is 0 Å². The minimum atomic E-state index is 0.0423. The summed E-state index contributed by atoms with van der Waals surface area (Å²) in [5.74, 6) is 0.845. The van der Waals surface area contributed by atoms with Crippen molar-refractivity contribution in [2.45, 2.75) is 6.92 Å². The molecule has 25 heavy (non-hydrogen) atoms. The lowest BCUT2D eigenvalue weighted by molar-refractivity contribution is -0.126. The predicted octanol–water partition coefficient (Wildman–Crippen LogP) is 2.84. The average Bonchev–Trinajstić information content (AvgIpc) is 2.68. The number of aromatic nitrogens is 1. The molecule has 1 aromatic carbocycles. The van der Waals surface area contributed by atoms with Crippen LogP contribution in [0.3, 0.4) is 0 Å². The molecule has 0 unspecified atom stereocenters. The Morgan fingerprint density at radius 2 is 1.84 bits per heavy atom. The summed E-state index contributed by atoms with van der Waals surface area (Å²) in [6, 6.07) is 11.8. The maximum atomic E-state index is 12.5. The predicted molar refractivity (Wildman–Crippen MR) is 99.7 cm³/mol. The number of pyridine rings is 1. The lowest BCUT2D eigenvalue weighted by Gasteiger charge is -2.35. The molecule has 0 atom stereocenters. The Morgan fingerprint density at radius 3 is 2.56 bits per heavy atom. The Labute approximate surface area is 148 Å². The van der Waals surface area contributed by atoms with Gasteiger partial charge in [0.25, 0.3) is 0 Å². The molecule has 1 amide bonds. The van der Waals surface area contributed by atoms with Crippen molar-refractivity contribution in [3.8, 4) is 5.75 Å². The third-order valence-electron chi connectivity index (χ3n) is 4.24. The number of hydrogen-bond donors (Lipinski definition) is 0. The molecule has 1 aliphatic rings. The average molecular weight is 337 g/mol. The third-order valence-corrected chi connectivity index (χ3v) is 4.24. The van der Waals surface area contributed by atoms with Crippen LogP contribution in [-0.2, 0) is 4.79 Å². The molecule has 5 heteroatoms. The highest BCUT2D eigenvalue weighted by molar-refractivity contribution is 5.92. The fourth-order valence-corrected chi connectivity index (χ4v) is 2.91. The van der Waals surface area contributed by atoms with Crippen molar-refractivity contribution in [1.82, 2.24) is 9.88 Å². The van der Waals surface area contributed by atoms with Gasteiger partial charge in [-0.1, -0.05) is 18.2 Å². The van der Waals surface area contributed by atoms with Crippen LogP contribution in [0.2, 0.25) is 0 Å². The van der Waals surface area contributed by atoms with Gasteiger partial charge in [-0.3, -0.25) is 9.78 Å². The second kappa shape index (κ2) is 8.33. The Bertz CT molecular complexity index is 723. The number of carbonyl (C=O) groups excluding carboxylic acids is 1. The van der Waals surface area contributed by atoms with Crippen molar-refractivity contribution in [3.63, 3.8) is 0 Å². The zero-order valence-corrected chi connectivity index (χ0v) is 14.5. The van der Waals surface area contributed by atoms with Crippen molar-refractivity contribution in [3.05, 3.63) is 60.4 Å². The van der Waals surface area contributed by atoms with Gasteiger partial charge in [0.05, 0.1) is 6.61 Å².